The Morgan fingerprint density at radius 3 is 2.67 bits per heavy atom. The zero-order valence-electron chi connectivity index (χ0n) is 13.0. The van der Waals surface area contributed by atoms with Crippen LogP contribution in [0.4, 0.5) is 0 Å². The highest BCUT2D eigenvalue weighted by Crippen LogP contribution is 2.26. The first kappa shape index (κ1) is 16.1. The molecule has 3 rings (SSSR count). The Labute approximate surface area is 144 Å². The van der Waals surface area contributed by atoms with Gasteiger partial charge in [-0.3, -0.25) is 9.89 Å². The number of hydrogen-bond acceptors (Lipinski definition) is 3. The molecule has 0 bridgehead atoms. The van der Waals surface area contributed by atoms with Gasteiger partial charge in [0.25, 0.3) is 5.91 Å². The zero-order valence-corrected chi connectivity index (χ0v) is 13.8. The fraction of sp³-hybridized carbons (Fsp3) is 0.111. The Morgan fingerprint density at radius 2 is 1.96 bits per heavy atom. The summed E-state index contributed by atoms with van der Waals surface area (Å²) in [6, 6.07) is 16.6. The predicted octanol–water partition coefficient (Wildman–Crippen LogP) is 3.67. The first-order chi connectivity index (χ1) is 11.7. The van der Waals surface area contributed by atoms with Crippen LogP contribution in [0.25, 0.3) is 11.3 Å². The van der Waals surface area contributed by atoms with Crippen LogP contribution >= 0.6 is 11.6 Å². The SMILES string of the molecule is COc1ccc(CNC(=O)c2cc(-c3ccccc3Cl)n[nH]2)cc1. The first-order valence-corrected chi connectivity index (χ1v) is 7.76. The Bertz CT molecular complexity index is 843. The van der Waals surface area contributed by atoms with E-state index in [1.807, 2.05) is 42.5 Å². The van der Waals surface area contributed by atoms with Crippen molar-refractivity contribution in [3.63, 3.8) is 0 Å². The smallest absolute Gasteiger partial charge is 0.269 e. The summed E-state index contributed by atoms with van der Waals surface area (Å²) in [5.74, 6) is 0.555. The standard InChI is InChI=1S/C18H16ClN3O2/c1-24-13-8-6-12(7-9-13)11-20-18(23)17-10-16(21-22-17)14-4-2-3-5-15(14)19/h2-10H,11H2,1H3,(H,20,23)(H,21,22). The van der Waals surface area contributed by atoms with E-state index in [1.165, 1.54) is 0 Å². The Morgan fingerprint density at radius 1 is 1.21 bits per heavy atom. The first-order valence-electron chi connectivity index (χ1n) is 7.39. The van der Waals surface area contributed by atoms with Gasteiger partial charge < -0.3 is 10.1 Å². The van der Waals surface area contributed by atoms with Crippen molar-refractivity contribution in [3.05, 3.63) is 70.9 Å². The number of amides is 1. The maximum absolute atomic E-state index is 12.2. The number of halogens is 1. The van der Waals surface area contributed by atoms with Gasteiger partial charge in [-0.15, -0.1) is 0 Å². The molecule has 0 radical (unpaired) electrons. The minimum atomic E-state index is -0.225. The van der Waals surface area contributed by atoms with Gasteiger partial charge in [-0.1, -0.05) is 41.9 Å². The maximum Gasteiger partial charge on any atom is 0.269 e. The molecule has 0 spiro atoms. The Balaban J connectivity index is 1.66. The van der Waals surface area contributed by atoms with Crippen molar-refractivity contribution in [1.29, 1.82) is 0 Å². The second-order valence-corrected chi connectivity index (χ2v) is 5.58. The molecule has 0 atom stereocenters. The second-order valence-electron chi connectivity index (χ2n) is 5.18. The molecular formula is C18H16ClN3O2. The highest BCUT2D eigenvalue weighted by Gasteiger charge is 2.12. The minimum absolute atomic E-state index is 0.225. The van der Waals surface area contributed by atoms with Crippen molar-refractivity contribution in [2.45, 2.75) is 6.54 Å². The average molecular weight is 342 g/mol. The fourth-order valence-electron chi connectivity index (χ4n) is 2.27. The molecule has 6 heteroatoms. The van der Waals surface area contributed by atoms with Crippen LogP contribution in [-0.4, -0.2) is 23.2 Å². The molecule has 1 aromatic heterocycles. The maximum atomic E-state index is 12.2. The van der Waals surface area contributed by atoms with Crippen molar-refractivity contribution in [2.75, 3.05) is 7.11 Å². The second kappa shape index (κ2) is 7.19. The lowest BCUT2D eigenvalue weighted by atomic mass is 10.1. The van der Waals surface area contributed by atoms with Gasteiger partial charge >= 0.3 is 0 Å². The summed E-state index contributed by atoms with van der Waals surface area (Å²) in [4.78, 5) is 12.2. The fourth-order valence-corrected chi connectivity index (χ4v) is 2.50. The summed E-state index contributed by atoms with van der Waals surface area (Å²) in [5, 5.41) is 10.3. The van der Waals surface area contributed by atoms with Crippen LogP contribution in [0.15, 0.2) is 54.6 Å². The lowest BCUT2D eigenvalue weighted by molar-refractivity contribution is 0.0946. The van der Waals surface area contributed by atoms with Gasteiger partial charge in [-0.25, -0.2) is 0 Å². The third kappa shape index (κ3) is 3.58. The van der Waals surface area contributed by atoms with E-state index in [4.69, 9.17) is 16.3 Å². The molecule has 0 unspecified atom stereocenters. The summed E-state index contributed by atoms with van der Waals surface area (Å²) >= 11 is 6.15. The van der Waals surface area contributed by atoms with E-state index < -0.39 is 0 Å². The summed E-state index contributed by atoms with van der Waals surface area (Å²) in [6.07, 6.45) is 0. The summed E-state index contributed by atoms with van der Waals surface area (Å²) in [6.45, 7) is 0.420. The Hall–Kier alpha value is -2.79. The zero-order chi connectivity index (χ0) is 16.9. The molecule has 24 heavy (non-hydrogen) atoms. The number of H-pyrrole nitrogens is 1. The normalized spacial score (nSPS) is 10.4. The number of rotatable bonds is 5. The molecule has 0 saturated heterocycles. The lowest BCUT2D eigenvalue weighted by Gasteiger charge is -2.05. The van der Waals surface area contributed by atoms with E-state index in [9.17, 15) is 4.79 Å². The van der Waals surface area contributed by atoms with Gasteiger partial charge in [-0.2, -0.15) is 5.10 Å². The molecule has 0 aliphatic carbocycles. The average Bonchev–Trinajstić information content (AvgIpc) is 3.10. The van der Waals surface area contributed by atoms with E-state index in [-0.39, 0.29) is 5.91 Å². The summed E-state index contributed by atoms with van der Waals surface area (Å²) in [5.41, 5.74) is 2.79. The molecule has 5 nitrogen and oxygen atoms in total. The summed E-state index contributed by atoms with van der Waals surface area (Å²) in [7, 11) is 1.62. The molecule has 3 aromatic rings. The molecule has 2 N–H and O–H groups in total. The molecular weight excluding hydrogens is 326 g/mol. The van der Waals surface area contributed by atoms with E-state index in [1.54, 1.807) is 19.2 Å². The van der Waals surface area contributed by atoms with Crippen molar-refractivity contribution in [3.8, 4) is 17.0 Å². The van der Waals surface area contributed by atoms with Crippen molar-refractivity contribution < 1.29 is 9.53 Å². The third-order valence-corrected chi connectivity index (χ3v) is 3.91. The number of methoxy groups -OCH3 is 1. The number of carbonyl (C=O) groups is 1. The lowest BCUT2D eigenvalue weighted by Crippen LogP contribution is -2.23. The van der Waals surface area contributed by atoms with Crippen LogP contribution in [0, 0.1) is 0 Å². The number of nitrogens with one attached hydrogen (secondary N) is 2. The van der Waals surface area contributed by atoms with Crippen molar-refractivity contribution in [2.24, 2.45) is 0 Å². The number of aromatic amines is 1. The van der Waals surface area contributed by atoms with Crippen LogP contribution < -0.4 is 10.1 Å². The molecule has 1 amide bonds. The van der Waals surface area contributed by atoms with Crippen LogP contribution in [-0.2, 0) is 6.54 Å². The van der Waals surface area contributed by atoms with Gasteiger partial charge in [0, 0.05) is 12.1 Å². The number of aromatic nitrogens is 2. The van der Waals surface area contributed by atoms with E-state index >= 15 is 0 Å². The van der Waals surface area contributed by atoms with Crippen LogP contribution in [0.1, 0.15) is 16.1 Å². The van der Waals surface area contributed by atoms with Gasteiger partial charge in [0.2, 0.25) is 0 Å². The highest BCUT2D eigenvalue weighted by molar-refractivity contribution is 6.33. The van der Waals surface area contributed by atoms with Crippen LogP contribution in [0.5, 0.6) is 5.75 Å². The molecule has 0 fully saturated rings. The third-order valence-electron chi connectivity index (χ3n) is 3.58. The van der Waals surface area contributed by atoms with Crippen LogP contribution in [0.2, 0.25) is 5.02 Å². The number of hydrogen-bond donors (Lipinski definition) is 2. The molecule has 0 aliphatic heterocycles. The predicted molar refractivity (Wildman–Crippen MR) is 93.2 cm³/mol. The van der Waals surface area contributed by atoms with Gasteiger partial charge in [0.15, 0.2) is 0 Å². The van der Waals surface area contributed by atoms with Gasteiger partial charge in [0.05, 0.1) is 17.8 Å². The monoisotopic (exact) mass is 341 g/mol. The van der Waals surface area contributed by atoms with Crippen LogP contribution in [0.3, 0.4) is 0 Å². The topological polar surface area (TPSA) is 67.0 Å². The van der Waals surface area contributed by atoms with Gasteiger partial charge in [0.1, 0.15) is 11.4 Å². The molecule has 122 valence electrons. The molecule has 0 aliphatic rings. The number of ether oxygens (including phenoxy) is 1. The van der Waals surface area contributed by atoms with E-state index in [0.717, 1.165) is 16.9 Å². The number of carbonyl (C=O) groups excluding carboxylic acids is 1. The highest BCUT2D eigenvalue weighted by atomic mass is 35.5. The molecule has 0 saturated carbocycles. The van der Waals surface area contributed by atoms with Crippen molar-refractivity contribution >= 4 is 17.5 Å². The number of nitrogens with zero attached hydrogens (tertiary/aromatic N) is 1. The minimum Gasteiger partial charge on any atom is -0.497 e. The largest absolute Gasteiger partial charge is 0.497 e. The summed E-state index contributed by atoms with van der Waals surface area (Å²) < 4.78 is 5.11. The number of benzene rings is 2. The van der Waals surface area contributed by atoms with Crippen molar-refractivity contribution in [1.82, 2.24) is 15.5 Å². The van der Waals surface area contributed by atoms with Gasteiger partial charge in [-0.05, 0) is 29.8 Å². The molecule has 1 heterocycles. The van der Waals surface area contributed by atoms with E-state index in [2.05, 4.69) is 15.5 Å². The quantitative estimate of drug-likeness (QED) is 0.744. The Kier molecular flexibility index (Phi) is 4.82. The van der Waals surface area contributed by atoms with E-state index in [0.29, 0.717) is 23.0 Å². The molecule has 2 aromatic carbocycles.